The molecule has 2 rings (SSSR count). The van der Waals surface area contributed by atoms with Gasteiger partial charge < -0.3 is 14.6 Å². The Morgan fingerprint density at radius 1 is 1.32 bits per heavy atom. The van der Waals surface area contributed by atoms with E-state index in [2.05, 4.69) is 4.98 Å². The fourth-order valence-corrected chi connectivity index (χ4v) is 1.96. The van der Waals surface area contributed by atoms with Crippen LogP contribution >= 0.6 is 0 Å². The predicted octanol–water partition coefficient (Wildman–Crippen LogP) is 2.20. The third-order valence-electron chi connectivity index (χ3n) is 3.10. The summed E-state index contributed by atoms with van der Waals surface area (Å²) in [6, 6.07) is 5.35. The smallest absolute Gasteiger partial charge is 0.471 e. The number of hydrogen-bond donors (Lipinski definition) is 1. The maximum atomic E-state index is 12.5. The van der Waals surface area contributed by atoms with E-state index in [0.29, 0.717) is 17.1 Å². The number of rotatable bonds is 4. The minimum Gasteiger partial charge on any atom is -0.497 e. The number of nitrogens with zero attached hydrogens (tertiary/aromatic N) is 2. The number of ether oxygens (including phenoxy) is 1. The fraction of sp³-hybridized carbons (Fsp3) is 0.286. The summed E-state index contributed by atoms with van der Waals surface area (Å²) in [6.07, 6.45) is -1.92. The lowest BCUT2D eigenvalue weighted by molar-refractivity contribution is -0.174. The van der Waals surface area contributed by atoms with Gasteiger partial charge in [-0.3, -0.25) is 4.79 Å². The van der Waals surface area contributed by atoms with Crippen LogP contribution in [0.5, 0.6) is 5.75 Å². The summed E-state index contributed by atoms with van der Waals surface area (Å²) in [6.45, 7) is 0. The lowest BCUT2D eigenvalue weighted by Gasteiger charge is -2.20. The second kappa shape index (κ2) is 6.08. The Kier molecular flexibility index (Phi) is 4.39. The molecule has 1 amide bonds. The van der Waals surface area contributed by atoms with Crippen molar-refractivity contribution in [3.8, 4) is 5.75 Å². The molecule has 0 spiro atoms. The lowest BCUT2D eigenvalue weighted by Crippen LogP contribution is -2.40. The van der Waals surface area contributed by atoms with E-state index in [1.54, 1.807) is 42.1 Å². The summed E-state index contributed by atoms with van der Waals surface area (Å²) in [5.74, 6) is -1.16. The largest absolute Gasteiger partial charge is 0.497 e. The van der Waals surface area contributed by atoms with Crippen LogP contribution < -0.4 is 10.1 Å². The fourth-order valence-electron chi connectivity index (χ4n) is 1.96. The van der Waals surface area contributed by atoms with Gasteiger partial charge in [-0.15, -0.1) is 0 Å². The van der Waals surface area contributed by atoms with E-state index in [0.717, 1.165) is 0 Å². The van der Waals surface area contributed by atoms with Crippen LogP contribution in [0.25, 0.3) is 0 Å². The van der Waals surface area contributed by atoms with Crippen molar-refractivity contribution < 1.29 is 22.7 Å². The molecule has 0 aliphatic carbocycles. The van der Waals surface area contributed by atoms with Gasteiger partial charge in [0.2, 0.25) is 0 Å². The molecule has 1 heterocycles. The van der Waals surface area contributed by atoms with E-state index in [9.17, 15) is 18.0 Å². The number of aromatic nitrogens is 2. The van der Waals surface area contributed by atoms with Crippen molar-refractivity contribution in [2.75, 3.05) is 7.11 Å². The number of imidazole rings is 1. The number of amides is 1. The summed E-state index contributed by atoms with van der Waals surface area (Å²) >= 11 is 0. The number of alkyl halides is 3. The van der Waals surface area contributed by atoms with Crippen LogP contribution in [-0.2, 0) is 11.8 Å². The molecule has 22 heavy (non-hydrogen) atoms. The van der Waals surface area contributed by atoms with Gasteiger partial charge in [0, 0.05) is 19.4 Å². The molecule has 118 valence electrons. The first-order chi connectivity index (χ1) is 10.3. The topological polar surface area (TPSA) is 56.1 Å². The highest BCUT2D eigenvalue weighted by atomic mass is 19.4. The molecule has 0 aliphatic heterocycles. The maximum absolute atomic E-state index is 12.5. The molecule has 1 unspecified atom stereocenters. The molecule has 5 nitrogen and oxygen atoms in total. The Morgan fingerprint density at radius 2 is 1.95 bits per heavy atom. The molecule has 0 saturated heterocycles. The van der Waals surface area contributed by atoms with Gasteiger partial charge in [0.05, 0.1) is 7.11 Å². The summed E-state index contributed by atoms with van der Waals surface area (Å²) in [7, 11) is 3.12. The van der Waals surface area contributed by atoms with Gasteiger partial charge in [-0.05, 0) is 17.7 Å². The number of nitrogens with one attached hydrogen (secondary N) is 1. The lowest BCUT2D eigenvalue weighted by atomic mass is 10.1. The Bertz CT molecular complexity index is 650. The molecule has 8 heteroatoms. The normalized spacial score (nSPS) is 12.8. The Balaban J connectivity index is 2.37. The van der Waals surface area contributed by atoms with Crippen LogP contribution in [0, 0.1) is 0 Å². The first-order valence-electron chi connectivity index (χ1n) is 6.31. The van der Waals surface area contributed by atoms with E-state index in [4.69, 9.17) is 4.74 Å². The number of carbonyl (C=O) groups is 1. The van der Waals surface area contributed by atoms with Crippen LogP contribution in [-0.4, -0.2) is 28.7 Å². The maximum Gasteiger partial charge on any atom is 0.471 e. The molecule has 1 aromatic carbocycles. The van der Waals surface area contributed by atoms with Crippen molar-refractivity contribution >= 4 is 5.91 Å². The standard InChI is InChI=1S/C14H14F3N3O2/c1-20-8-7-18-12(20)11(19-13(21)14(15,16)17)9-3-5-10(22-2)6-4-9/h3-8,11H,1-2H3,(H,19,21). The predicted molar refractivity (Wildman–Crippen MR) is 72.2 cm³/mol. The highest BCUT2D eigenvalue weighted by molar-refractivity contribution is 5.82. The molecule has 0 fully saturated rings. The first kappa shape index (κ1) is 15.9. The van der Waals surface area contributed by atoms with Crippen molar-refractivity contribution in [1.29, 1.82) is 0 Å². The molecule has 0 radical (unpaired) electrons. The average Bonchev–Trinajstić information content (AvgIpc) is 2.89. The van der Waals surface area contributed by atoms with Crippen LogP contribution in [0.3, 0.4) is 0 Å². The first-order valence-corrected chi connectivity index (χ1v) is 6.31. The van der Waals surface area contributed by atoms with Crippen molar-refractivity contribution in [2.24, 2.45) is 7.05 Å². The van der Waals surface area contributed by atoms with Crippen LogP contribution in [0.4, 0.5) is 13.2 Å². The number of benzene rings is 1. The number of aryl methyl sites for hydroxylation is 1. The minimum atomic E-state index is -4.96. The van der Waals surface area contributed by atoms with Gasteiger partial charge in [0.15, 0.2) is 0 Å². The SMILES string of the molecule is COc1ccc(C(NC(=O)C(F)(F)F)c2nccn2C)cc1. The van der Waals surface area contributed by atoms with E-state index in [-0.39, 0.29) is 0 Å². The van der Waals surface area contributed by atoms with Gasteiger partial charge in [-0.1, -0.05) is 12.1 Å². The van der Waals surface area contributed by atoms with E-state index in [1.807, 2.05) is 5.32 Å². The number of methoxy groups -OCH3 is 1. The summed E-state index contributed by atoms with van der Waals surface area (Å²) in [5.41, 5.74) is 0.465. The van der Waals surface area contributed by atoms with Crippen molar-refractivity contribution in [1.82, 2.24) is 14.9 Å². The van der Waals surface area contributed by atoms with Crippen molar-refractivity contribution in [2.45, 2.75) is 12.2 Å². The van der Waals surface area contributed by atoms with E-state index >= 15 is 0 Å². The Morgan fingerprint density at radius 3 is 2.41 bits per heavy atom. The minimum absolute atomic E-state index is 0.294. The molecular weight excluding hydrogens is 299 g/mol. The zero-order chi connectivity index (χ0) is 16.3. The molecule has 0 saturated carbocycles. The highest BCUT2D eigenvalue weighted by Crippen LogP contribution is 2.25. The molecule has 0 aliphatic rings. The summed E-state index contributed by atoms with van der Waals surface area (Å²) in [4.78, 5) is 15.3. The second-order valence-corrected chi connectivity index (χ2v) is 4.57. The Hall–Kier alpha value is -2.51. The molecular formula is C14H14F3N3O2. The quantitative estimate of drug-likeness (QED) is 0.941. The molecule has 1 atom stereocenters. The van der Waals surface area contributed by atoms with Gasteiger partial charge in [0.1, 0.15) is 17.6 Å². The zero-order valence-corrected chi connectivity index (χ0v) is 11.9. The number of carbonyl (C=O) groups excluding carboxylic acids is 1. The molecule has 1 aromatic heterocycles. The third kappa shape index (κ3) is 3.38. The average molecular weight is 313 g/mol. The van der Waals surface area contributed by atoms with E-state index < -0.39 is 18.1 Å². The monoisotopic (exact) mass is 313 g/mol. The van der Waals surface area contributed by atoms with Gasteiger partial charge >= 0.3 is 12.1 Å². The number of hydrogen-bond acceptors (Lipinski definition) is 3. The second-order valence-electron chi connectivity index (χ2n) is 4.57. The molecule has 2 aromatic rings. The van der Waals surface area contributed by atoms with Crippen molar-refractivity contribution in [3.05, 3.63) is 48.0 Å². The summed E-state index contributed by atoms with van der Waals surface area (Å²) < 4.78 is 44.1. The number of halogens is 3. The van der Waals surface area contributed by atoms with Gasteiger partial charge in [0.25, 0.3) is 0 Å². The third-order valence-corrected chi connectivity index (χ3v) is 3.10. The molecule has 1 N–H and O–H groups in total. The van der Waals surface area contributed by atoms with Gasteiger partial charge in [-0.2, -0.15) is 13.2 Å². The van der Waals surface area contributed by atoms with Crippen LogP contribution in [0.15, 0.2) is 36.7 Å². The van der Waals surface area contributed by atoms with E-state index in [1.165, 1.54) is 13.3 Å². The van der Waals surface area contributed by atoms with Crippen LogP contribution in [0.2, 0.25) is 0 Å². The zero-order valence-electron chi connectivity index (χ0n) is 11.9. The molecule has 0 bridgehead atoms. The highest BCUT2D eigenvalue weighted by Gasteiger charge is 2.40. The summed E-state index contributed by atoms with van der Waals surface area (Å²) in [5, 5.41) is 1.97. The van der Waals surface area contributed by atoms with Crippen LogP contribution in [0.1, 0.15) is 17.4 Å². The Labute approximate surface area is 124 Å². The van der Waals surface area contributed by atoms with Crippen molar-refractivity contribution in [3.63, 3.8) is 0 Å². The van der Waals surface area contributed by atoms with Gasteiger partial charge in [-0.25, -0.2) is 4.98 Å².